The summed E-state index contributed by atoms with van der Waals surface area (Å²) >= 11 is 0. The van der Waals surface area contributed by atoms with Crippen LogP contribution in [0.4, 0.5) is 26.3 Å². The van der Waals surface area contributed by atoms with Crippen LogP contribution in [0.25, 0.3) is 22.2 Å². The summed E-state index contributed by atoms with van der Waals surface area (Å²) in [6.45, 7) is 0.883. The van der Waals surface area contributed by atoms with Crippen molar-refractivity contribution >= 4 is 10.9 Å². The second kappa shape index (κ2) is 10.4. The summed E-state index contributed by atoms with van der Waals surface area (Å²) in [6, 6.07) is 12.5. The van der Waals surface area contributed by atoms with Crippen molar-refractivity contribution in [1.82, 2.24) is 24.3 Å². The number of pyridine rings is 3. The number of hydrogen-bond donors (Lipinski definition) is 0. The number of nitrogens with zero attached hydrogens (tertiary/aromatic N) is 5. The first-order valence-corrected chi connectivity index (χ1v) is 12.2. The molecule has 212 valence electrons. The van der Waals surface area contributed by atoms with Crippen molar-refractivity contribution in [3.63, 3.8) is 0 Å². The van der Waals surface area contributed by atoms with E-state index in [1.807, 2.05) is 18.2 Å². The zero-order valence-corrected chi connectivity index (χ0v) is 21.6. The van der Waals surface area contributed by atoms with Gasteiger partial charge in [-0.2, -0.15) is 31.4 Å². The minimum Gasteiger partial charge on any atom is -0.487 e. The Balaban J connectivity index is 1.53. The van der Waals surface area contributed by atoms with Gasteiger partial charge in [-0.05, 0) is 43.3 Å². The van der Waals surface area contributed by atoms with Crippen LogP contribution in [0.1, 0.15) is 28.2 Å². The molecule has 0 spiro atoms. The van der Waals surface area contributed by atoms with Gasteiger partial charge in [0.25, 0.3) is 5.56 Å². The average molecular weight is 573 g/mol. The van der Waals surface area contributed by atoms with Crippen molar-refractivity contribution in [2.24, 2.45) is 7.05 Å². The maximum atomic E-state index is 13.5. The lowest BCUT2D eigenvalue weighted by molar-refractivity contribution is -0.141. The molecule has 5 aromatic rings. The molecule has 1 aromatic carbocycles. The average Bonchev–Trinajstić information content (AvgIpc) is 3.33. The lowest BCUT2D eigenvalue weighted by Crippen LogP contribution is -2.29. The van der Waals surface area contributed by atoms with Crippen molar-refractivity contribution in [2.45, 2.75) is 32.4 Å². The standard InChI is InChI=1S/C28H21F6N5O2/c1-16-13-19(22-10-11-35-38(22)2)18-5-3-7-23(25(18)36-16)41-15-17-8-9-24(28(32,33)34)37-21(17)14-39-12-4-6-20(26(39)40)27(29,30)31/h3-13H,14-15H2,1-2H3. The highest BCUT2D eigenvalue weighted by Gasteiger charge is 2.35. The van der Waals surface area contributed by atoms with Gasteiger partial charge in [0.1, 0.15) is 29.1 Å². The summed E-state index contributed by atoms with van der Waals surface area (Å²) in [5.74, 6) is 0.330. The van der Waals surface area contributed by atoms with Gasteiger partial charge in [-0.3, -0.25) is 9.48 Å². The summed E-state index contributed by atoms with van der Waals surface area (Å²) in [6.07, 6.45) is -7.03. The molecule has 5 rings (SSSR count). The van der Waals surface area contributed by atoms with E-state index in [0.717, 1.165) is 41.0 Å². The first-order chi connectivity index (χ1) is 19.3. The third-order valence-corrected chi connectivity index (χ3v) is 6.42. The SMILES string of the molecule is Cc1cc(-c2ccnn2C)c2cccc(OCc3ccc(C(F)(F)F)nc3Cn3cccc(C(F)(F)F)c3=O)c2n1. The van der Waals surface area contributed by atoms with Crippen molar-refractivity contribution < 1.29 is 31.1 Å². The van der Waals surface area contributed by atoms with Crippen molar-refractivity contribution in [1.29, 1.82) is 0 Å². The maximum absolute atomic E-state index is 13.5. The van der Waals surface area contributed by atoms with Crippen LogP contribution in [0.5, 0.6) is 5.75 Å². The van der Waals surface area contributed by atoms with Gasteiger partial charge in [-0.25, -0.2) is 9.97 Å². The molecular weight excluding hydrogens is 552 g/mol. The molecule has 4 aromatic heterocycles. The van der Waals surface area contributed by atoms with Gasteiger partial charge in [-0.1, -0.05) is 18.2 Å². The Morgan fingerprint density at radius 3 is 2.39 bits per heavy atom. The fourth-order valence-electron chi connectivity index (χ4n) is 4.47. The number of aromatic nitrogens is 5. The van der Waals surface area contributed by atoms with Crippen LogP contribution < -0.4 is 10.3 Å². The quantitative estimate of drug-likeness (QED) is 0.227. The first kappa shape index (κ1) is 27.9. The van der Waals surface area contributed by atoms with Gasteiger partial charge in [0.15, 0.2) is 0 Å². The van der Waals surface area contributed by atoms with Crippen molar-refractivity contribution in [3.8, 4) is 17.0 Å². The van der Waals surface area contributed by atoms with E-state index in [-0.39, 0.29) is 17.9 Å². The Bertz CT molecular complexity index is 1810. The van der Waals surface area contributed by atoms with E-state index in [1.54, 1.807) is 37.0 Å². The fourth-order valence-corrected chi connectivity index (χ4v) is 4.47. The van der Waals surface area contributed by atoms with E-state index in [4.69, 9.17) is 4.74 Å². The number of rotatable bonds is 6. The summed E-state index contributed by atoms with van der Waals surface area (Å²) in [4.78, 5) is 20.7. The Morgan fingerprint density at radius 2 is 1.71 bits per heavy atom. The van der Waals surface area contributed by atoms with Gasteiger partial charge < -0.3 is 9.30 Å². The minimum absolute atomic E-state index is 0.152. The molecule has 4 heterocycles. The topological polar surface area (TPSA) is 74.8 Å². The number of halogens is 6. The van der Waals surface area contributed by atoms with E-state index >= 15 is 0 Å². The molecule has 41 heavy (non-hydrogen) atoms. The van der Waals surface area contributed by atoms with Crippen LogP contribution in [-0.2, 0) is 32.6 Å². The lowest BCUT2D eigenvalue weighted by Gasteiger charge is -2.16. The van der Waals surface area contributed by atoms with Gasteiger partial charge in [0.2, 0.25) is 0 Å². The first-order valence-electron chi connectivity index (χ1n) is 12.2. The highest BCUT2D eigenvalue weighted by atomic mass is 19.4. The van der Waals surface area contributed by atoms with E-state index in [1.165, 1.54) is 0 Å². The number of ether oxygens (including phenoxy) is 1. The Labute approximate surface area is 228 Å². The van der Waals surface area contributed by atoms with E-state index in [9.17, 15) is 31.1 Å². The Morgan fingerprint density at radius 1 is 0.927 bits per heavy atom. The number of alkyl halides is 6. The number of para-hydroxylation sites is 1. The Kier molecular flexibility index (Phi) is 7.05. The molecule has 0 saturated heterocycles. The zero-order chi connectivity index (χ0) is 29.5. The summed E-state index contributed by atoms with van der Waals surface area (Å²) in [5.41, 5.74) is -1.34. The Hall–Kier alpha value is -4.68. The lowest BCUT2D eigenvalue weighted by atomic mass is 10.0. The molecule has 0 aliphatic heterocycles. The number of aryl methyl sites for hydroxylation is 2. The normalized spacial score (nSPS) is 12.2. The molecule has 0 fully saturated rings. The van der Waals surface area contributed by atoms with Gasteiger partial charge in [0.05, 0.1) is 17.9 Å². The smallest absolute Gasteiger partial charge is 0.433 e. The molecule has 0 bridgehead atoms. The molecule has 7 nitrogen and oxygen atoms in total. The van der Waals surface area contributed by atoms with E-state index in [0.29, 0.717) is 27.6 Å². The minimum atomic E-state index is -4.93. The highest BCUT2D eigenvalue weighted by Crippen LogP contribution is 2.34. The molecule has 0 aliphatic rings. The maximum Gasteiger partial charge on any atom is 0.433 e. The van der Waals surface area contributed by atoms with Gasteiger partial charge in [0, 0.05) is 41.6 Å². The number of benzene rings is 1. The van der Waals surface area contributed by atoms with Crippen molar-refractivity contribution in [2.75, 3.05) is 0 Å². The van der Waals surface area contributed by atoms with Crippen LogP contribution in [0.3, 0.4) is 0 Å². The van der Waals surface area contributed by atoms with Gasteiger partial charge >= 0.3 is 12.4 Å². The van der Waals surface area contributed by atoms with Crippen LogP contribution in [0.15, 0.2) is 71.8 Å². The monoisotopic (exact) mass is 573 g/mol. The van der Waals surface area contributed by atoms with Crippen LogP contribution >= 0.6 is 0 Å². The molecule has 0 N–H and O–H groups in total. The number of hydrogen-bond acceptors (Lipinski definition) is 5. The molecule has 0 radical (unpaired) electrons. The predicted octanol–water partition coefficient (Wildman–Crippen LogP) is 6.17. The summed E-state index contributed by atoms with van der Waals surface area (Å²) < 4.78 is 88.5. The van der Waals surface area contributed by atoms with Crippen LogP contribution in [0, 0.1) is 6.92 Å². The molecule has 0 amide bonds. The molecule has 0 aliphatic carbocycles. The van der Waals surface area contributed by atoms with Crippen molar-refractivity contribution in [3.05, 3.63) is 106 Å². The molecule has 13 heteroatoms. The molecular formula is C28H21F6N5O2. The largest absolute Gasteiger partial charge is 0.487 e. The second-order valence-electron chi connectivity index (χ2n) is 9.24. The van der Waals surface area contributed by atoms with E-state index in [2.05, 4.69) is 15.1 Å². The summed E-state index contributed by atoms with van der Waals surface area (Å²) in [5, 5.41) is 4.96. The number of fused-ring (bicyclic) bond motifs is 1. The fraction of sp³-hybridized carbons (Fsp3) is 0.214. The predicted molar refractivity (Wildman–Crippen MR) is 137 cm³/mol. The summed E-state index contributed by atoms with van der Waals surface area (Å²) in [7, 11) is 1.80. The third kappa shape index (κ3) is 5.65. The van der Waals surface area contributed by atoms with Gasteiger partial charge in [-0.15, -0.1) is 0 Å². The van der Waals surface area contributed by atoms with Crippen LogP contribution in [-0.4, -0.2) is 24.3 Å². The van der Waals surface area contributed by atoms with E-state index < -0.39 is 35.7 Å². The highest BCUT2D eigenvalue weighted by molar-refractivity contribution is 5.97. The molecule has 0 atom stereocenters. The molecule has 0 unspecified atom stereocenters. The second-order valence-corrected chi connectivity index (χ2v) is 9.24. The molecule has 0 saturated carbocycles. The zero-order valence-electron chi connectivity index (χ0n) is 21.6. The van der Waals surface area contributed by atoms with Crippen LogP contribution in [0.2, 0.25) is 0 Å². The third-order valence-electron chi connectivity index (χ3n) is 6.42.